The SMILES string of the molecule is CCN(CC)CCCN1C(=O)C(O)=C(C(=O)c2ccco2)[C@@H]1c1cccc(Cl)c1. The van der Waals surface area contributed by atoms with Crippen molar-refractivity contribution in [3.63, 3.8) is 0 Å². The summed E-state index contributed by atoms with van der Waals surface area (Å²) in [7, 11) is 0. The van der Waals surface area contributed by atoms with E-state index in [0.29, 0.717) is 17.1 Å². The Balaban J connectivity index is 1.94. The maximum Gasteiger partial charge on any atom is 0.290 e. The number of ketones is 1. The molecule has 29 heavy (non-hydrogen) atoms. The van der Waals surface area contributed by atoms with Gasteiger partial charge in [0, 0.05) is 11.6 Å². The van der Waals surface area contributed by atoms with Crippen molar-refractivity contribution in [3.8, 4) is 0 Å². The van der Waals surface area contributed by atoms with Crippen LogP contribution in [0, 0.1) is 0 Å². The van der Waals surface area contributed by atoms with Crippen LogP contribution in [0.25, 0.3) is 0 Å². The van der Waals surface area contributed by atoms with Crippen LogP contribution in [0.5, 0.6) is 0 Å². The predicted octanol–water partition coefficient (Wildman–Crippen LogP) is 4.24. The fourth-order valence-corrected chi connectivity index (χ4v) is 3.88. The fourth-order valence-electron chi connectivity index (χ4n) is 3.68. The lowest BCUT2D eigenvalue weighted by Crippen LogP contribution is -2.34. The van der Waals surface area contributed by atoms with Gasteiger partial charge in [-0.25, -0.2) is 0 Å². The number of carbonyl (C=O) groups excluding carboxylic acids is 2. The molecule has 2 aromatic rings. The number of rotatable bonds is 9. The molecule has 0 saturated carbocycles. The smallest absolute Gasteiger partial charge is 0.290 e. The maximum absolute atomic E-state index is 13.0. The second-order valence-electron chi connectivity index (χ2n) is 6.91. The normalized spacial score (nSPS) is 16.9. The molecule has 6 nitrogen and oxygen atoms in total. The molecule has 7 heteroatoms. The Morgan fingerprint density at radius 2 is 2.00 bits per heavy atom. The van der Waals surface area contributed by atoms with Gasteiger partial charge >= 0.3 is 0 Å². The Kier molecular flexibility index (Phi) is 6.77. The average Bonchev–Trinajstić information content (AvgIpc) is 3.33. The highest BCUT2D eigenvalue weighted by Crippen LogP contribution is 2.39. The minimum atomic E-state index is -0.712. The number of amides is 1. The van der Waals surface area contributed by atoms with E-state index >= 15 is 0 Å². The molecule has 0 radical (unpaired) electrons. The summed E-state index contributed by atoms with van der Waals surface area (Å²) in [5, 5.41) is 11.1. The average molecular weight is 417 g/mol. The number of aliphatic hydroxyl groups excluding tert-OH is 1. The molecule has 0 unspecified atom stereocenters. The molecule has 3 rings (SSSR count). The van der Waals surface area contributed by atoms with Crippen LogP contribution in [0.2, 0.25) is 5.02 Å². The van der Waals surface area contributed by atoms with Crippen molar-refractivity contribution in [2.45, 2.75) is 26.3 Å². The van der Waals surface area contributed by atoms with Gasteiger partial charge in [0.15, 0.2) is 11.5 Å². The van der Waals surface area contributed by atoms with Gasteiger partial charge in [-0.05, 0) is 55.9 Å². The zero-order valence-corrected chi connectivity index (χ0v) is 17.4. The second kappa shape index (κ2) is 9.29. The molecule has 0 fully saturated rings. The van der Waals surface area contributed by atoms with Crippen LogP contribution in [-0.2, 0) is 4.79 Å². The van der Waals surface area contributed by atoms with E-state index in [-0.39, 0.29) is 11.3 Å². The zero-order valence-electron chi connectivity index (χ0n) is 16.6. The third kappa shape index (κ3) is 4.38. The second-order valence-corrected chi connectivity index (χ2v) is 7.34. The van der Waals surface area contributed by atoms with E-state index in [0.717, 1.165) is 26.1 Å². The number of halogens is 1. The number of hydrogen-bond donors (Lipinski definition) is 1. The third-order valence-electron chi connectivity index (χ3n) is 5.23. The van der Waals surface area contributed by atoms with Gasteiger partial charge in [-0.2, -0.15) is 0 Å². The maximum atomic E-state index is 13.0. The molecule has 1 aromatic carbocycles. The van der Waals surface area contributed by atoms with Crippen molar-refractivity contribution in [2.75, 3.05) is 26.2 Å². The number of Topliss-reactive ketones (excluding diaryl/α,β-unsaturated/α-hetero) is 1. The molecule has 0 saturated heterocycles. The monoisotopic (exact) mass is 416 g/mol. The lowest BCUT2D eigenvalue weighted by Gasteiger charge is -2.28. The summed E-state index contributed by atoms with van der Waals surface area (Å²) < 4.78 is 5.22. The molecule has 0 spiro atoms. The lowest BCUT2D eigenvalue weighted by molar-refractivity contribution is -0.129. The molecule has 1 N–H and O–H groups in total. The van der Waals surface area contributed by atoms with Crippen LogP contribution in [-0.4, -0.2) is 52.8 Å². The first-order valence-corrected chi connectivity index (χ1v) is 10.2. The summed E-state index contributed by atoms with van der Waals surface area (Å²) in [4.78, 5) is 29.7. The quantitative estimate of drug-likeness (QED) is 0.619. The Labute approximate surface area is 175 Å². The zero-order chi connectivity index (χ0) is 21.0. The van der Waals surface area contributed by atoms with Gasteiger partial charge in [-0.1, -0.05) is 37.6 Å². The molecular formula is C22H25ClN2O4. The van der Waals surface area contributed by atoms with Crippen LogP contribution in [0.1, 0.15) is 42.4 Å². The summed E-state index contributed by atoms with van der Waals surface area (Å²) in [6.45, 7) is 7.26. The van der Waals surface area contributed by atoms with Crippen molar-refractivity contribution >= 4 is 23.3 Å². The number of aliphatic hydroxyl groups is 1. The lowest BCUT2D eigenvalue weighted by atomic mass is 9.95. The summed E-state index contributed by atoms with van der Waals surface area (Å²) in [6, 6.07) is 9.41. The highest BCUT2D eigenvalue weighted by molar-refractivity contribution is 6.30. The highest BCUT2D eigenvalue weighted by Gasteiger charge is 2.44. The molecule has 1 aliphatic rings. The van der Waals surface area contributed by atoms with E-state index in [1.807, 2.05) is 0 Å². The number of nitrogens with zero attached hydrogens (tertiary/aromatic N) is 2. The molecule has 154 valence electrons. The fraction of sp³-hybridized carbons (Fsp3) is 0.364. The van der Waals surface area contributed by atoms with Crippen LogP contribution in [0.4, 0.5) is 0 Å². The summed E-state index contributed by atoms with van der Waals surface area (Å²) in [5.74, 6) is -1.50. The first-order valence-electron chi connectivity index (χ1n) is 9.78. The van der Waals surface area contributed by atoms with Crippen molar-refractivity contribution in [2.24, 2.45) is 0 Å². The molecule has 1 aromatic heterocycles. The number of furan rings is 1. The molecule has 1 amide bonds. The number of carbonyl (C=O) groups is 2. The van der Waals surface area contributed by atoms with E-state index in [2.05, 4.69) is 18.7 Å². The minimum absolute atomic E-state index is 0.0232. The number of benzene rings is 1. The molecule has 1 atom stereocenters. The van der Waals surface area contributed by atoms with Crippen LogP contribution < -0.4 is 0 Å². The van der Waals surface area contributed by atoms with Crippen LogP contribution in [0.15, 0.2) is 58.4 Å². The Morgan fingerprint density at radius 1 is 1.24 bits per heavy atom. The largest absolute Gasteiger partial charge is 0.503 e. The molecule has 0 aliphatic carbocycles. The van der Waals surface area contributed by atoms with Gasteiger partial charge in [0.2, 0.25) is 5.78 Å². The number of hydrogen-bond acceptors (Lipinski definition) is 5. The highest BCUT2D eigenvalue weighted by atomic mass is 35.5. The van der Waals surface area contributed by atoms with Gasteiger partial charge in [0.25, 0.3) is 5.91 Å². The summed E-state index contributed by atoms with van der Waals surface area (Å²) >= 11 is 6.16. The van der Waals surface area contributed by atoms with Gasteiger partial charge < -0.3 is 19.3 Å². The standard InChI is InChI=1S/C22H25ClN2O4/c1-3-24(4-2)11-7-12-25-19(15-8-5-9-16(23)14-15)18(21(27)22(25)28)20(26)17-10-6-13-29-17/h5-6,8-10,13-14,19,27H,3-4,7,11-12H2,1-2H3/t19-/m0/s1. The minimum Gasteiger partial charge on any atom is -0.503 e. The third-order valence-corrected chi connectivity index (χ3v) is 5.46. The Hall–Kier alpha value is -2.57. The Bertz CT molecular complexity index is 903. The van der Waals surface area contributed by atoms with Gasteiger partial charge in [-0.15, -0.1) is 0 Å². The Morgan fingerprint density at radius 3 is 2.62 bits per heavy atom. The predicted molar refractivity (Wildman–Crippen MR) is 111 cm³/mol. The van der Waals surface area contributed by atoms with Gasteiger partial charge in [0.1, 0.15) is 0 Å². The summed E-state index contributed by atoms with van der Waals surface area (Å²) in [5.41, 5.74) is 0.697. The van der Waals surface area contributed by atoms with Crippen molar-refractivity contribution in [3.05, 3.63) is 70.3 Å². The van der Waals surface area contributed by atoms with E-state index in [4.69, 9.17) is 16.0 Å². The van der Waals surface area contributed by atoms with Crippen molar-refractivity contribution in [1.82, 2.24) is 9.80 Å². The first-order chi connectivity index (χ1) is 14.0. The molecule has 2 heterocycles. The topological polar surface area (TPSA) is 74.0 Å². The van der Waals surface area contributed by atoms with E-state index in [1.165, 1.54) is 12.3 Å². The molecule has 0 bridgehead atoms. The molecular weight excluding hydrogens is 392 g/mol. The molecule has 1 aliphatic heterocycles. The van der Waals surface area contributed by atoms with E-state index in [9.17, 15) is 14.7 Å². The summed E-state index contributed by atoms with van der Waals surface area (Å²) in [6.07, 6.45) is 2.11. The first kappa shape index (κ1) is 21.1. The van der Waals surface area contributed by atoms with Gasteiger partial charge in [0.05, 0.1) is 17.9 Å². The van der Waals surface area contributed by atoms with E-state index in [1.54, 1.807) is 35.2 Å². The van der Waals surface area contributed by atoms with Crippen molar-refractivity contribution in [1.29, 1.82) is 0 Å². The van der Waals surface area contributed by atoms with Crippen molar-refractivity contribution < 1.29 is 19.1 Å². The van der Waals surface area contributed by atoms with E-state index < -0.39 is 23.5 Å². The van der Waals surface area contributed by atoms with Crippen LogP contribution >= 0.6 is 11.6 Å². The van der Waals surface area contributed by atoms with Gasteiger partial charge in [-0.3, -0.25) is 9.59 Å². The van der Waals surface area contributed by atoms with Crippen LogP contribution in [0.3, 0.4) is 0 Å².